The molecule has 3 heteroatoms. The number of hydrogen-bond donors (Lipinski definition) is 1. The second-order valence-corrected chi connectivity index (χ2v) is 7.15. The molecule has 1 aromatic carbocycles. The van der Waals surface area contributed by atoms with Gasteiger partial charge in [0.05, 0.1) is 9.89 Å². The summed E-state index contributed by atoms with van der Waals surface area (Å²) in [5.74, 6) is 0. The lowest BCUT2D eigenvalue weighted by Gasteiger charge is -2.10. The molecule has 1 aliphatic carbocycles. The molecule has 1 aromatic heterocycles. The number of rotatable bonds is 3. The van der Waals surface area contributed by atoms with Crippen LogP contribution in [-0.2, 0) is 19.3 Å². The van der Waals surface area contributed by atoms with Crippen molar-refractivity contribution in [3.05, 3.63) is 55.7 Å². The van der Waals surface area contributed by atoms with Crippen LogP contribution < -0.4 is 0 Å². The van der Waals surface area contributed by atoms with Crippen molar-refractivity contribution in [3.63, 3.8) is 0 Å². The predicted octanol–water partition coefficient (Wildman–Crippen LogP) is 4.28. The van der Waals surface area contributed by atoms with Crippen LogP contribution in [-0.4, -0.2) is 5.11 Å². The Bertz CT molecular complexity index is 561. The fraction of sp³-hybridized carbons (Fsp3) is 0.333. The first-order valence-electron chi connectivity index (χ1n) is 6.25. The highest BCUT2D eigenvalue weighted by molar-refractivity contribution is 9.11. The fourth-order valence-corrected chi connectivity index (χ4v) is 3.81. The normalized spacial score (nSPS) is 15.7. The summed E-state index contributed by atoms with van der Waals surface area (Å²) in [4.78, 5) is 0. The molecule has 1 N–H and O–H groups in total. The van der Waals surface area contributed by atoms with Crippen molar-refractivity contribution < 1.29 is 5.11 Å². The topological polar surface area (TPSA) is 20.2 Å². The van der Waals surface area contributed by atoms with Crippen LogP contribution in [0.4, 0.5) is 0 Å². The number of aliphatic hydroxyl groups is 1. The van der Waals surface area contributed by atoms with Crippen LogP contribution in [0.1, 0.15) is 34.8 Å². The quantitative estimate of drug-likeness (QED) is 0.894. The predicted molar refractivity (Wildman–Crippen MR) is 79.1 cm³/mol. The zero-order chi connectivity index (χ0) is 12.5. The van der Waals surface area contributed by atoms with Crippen LogP contribution in [0, 0.1) is 0 Å². The summed E-state index contributed by atoms with van der Waals surface area (Å²) in [6.07, 6.45) is 4.00. The van der Waals surface area contributed by atoms with Crippen LogP contribution in [0.5, 0.6) is 0 Å². The van der Waals surface area contributed by atoms with E-state index in [9.17, 15) is 5.11 Å². The summed E-state index contributed by atoms with van der Waals surface area (Å²) >= 11 is 5.05. The van der Waals surface area contributed by atoms with E-state index in [4.69, 9.17) is 0 Å². The van der Waals surface area contributed by atoms with Gasteiger partial charge in [0, 0.05) is 6.42 Å². The van der Waals surface area contributed by atoms with Crippen LogP contribution in [0.15, 0.2) is 33.4 Å². The number of halogens is 1. The zero-order valence-corrected chi connectivity index (χ0v) is 12.4. The highest BCUT2D eigenvalue weighted by atomic mass is 79.9. The van der Waals surface area contributed by atoms with Crippen molar-refractivity contribution in [2.75, 3.05) is 0 Å². The number of aryl methyl sites for hydroxylation is 2. The minimum atomic E-state index is -0.396. The van der Waals surface area contributed by atoms with E-state index in [-0.39, 0.29) is 0 Å². The van der Waals surface area contributed by atoms with E-state index in [1.54, 1.807) is 11.3 Å². The summed E-state index contributed by atoms with van der Waals surface area (Å²) in [6, 6.07) is 8.67. The molecular weight excluding hydrogens is 308 g/mol. The lowest BCUT2D eigenvalue weighted by Crippen LogP contribution is -2.01. The molecule has 1 nitrogen and oxygen atoms in total. The molecule has 1 unspecified atom stereocenters. The Kier molecular flexibility index (Phi) is 3.55. The summed E-state index contributed by atoms with van der Waals surface area (Å²) in [7, 11) is 0. The van der Waals surface area contributed by atoms with Gasteiger partial charge in [0.15, 0.2) is 0 Å². The molecular formula is C15H15BrOS. The number of aliphatic hydroxyl groups excluding tert-OH is 1. The molecule has 0 bridgehead atoms. The third-order valence-electron chi connectivity index (χ3n) is 3.56. The molecule has 0 spiro atoms. The molecule has 0 saturated heterocycles. The Balaban J connectivity index is 1.76. The molecule has 3 rings (SSSR count). The van der Waals surface area contributed by atoms with Crippen LogP contribution >= 0.6 is 27.3 Å². The zero-order valence-electron chi connectivity index (χ0n) is 10.0. The van der Waals surface area contributed by atoms with Gasteiger partial charge in [-0.25, -0.2) is 0 Å². The van der Waals surface area contributed by atoms with Crippen molar-refractivity contribution in [3.8, 4) is 0 Å². The molecule has 1 aliphatic rings. The van der Waals surface area contributed by atoms with Crippen LogP contribution in [0.3, 0.4) is 0 Å². The van der Waals surface area contributed by atoms with Gasteiger partial charge in [0.25, 0.3) is 0 Å². The molecule has 1 heterocycles. The average molecular weight is 323 g/mol. The van der Waals surface area contributed by atoms with E-state index < -0.39 is 6.10 Å². The van der Waals surface area contributed by atoms with Gasteiger partial charge in [-0.1, -0.05) is 18.2 Å². The van der Waals surface area contributed by atoms with Gasteiger partial charge in [-0.2, -0.15) is 0 Å². The standard InChI is InChI=1S/C15H15BrOS/c16-15-8-13(9-18-15)14(17)7-10-4-5-11-2-1-3-12(11)6-10/h4-6,8-9,14,17H,1-3,7H2. The minimum Gasteiger partial charge on any atom is -0.388 e. The third kappa shape index (κ3) is 2.53. The van der Waals surface area contributed by atoms with Crippen LogP contribution in [0.25, 0.3) is 0 Å². The Morgan fingerprint density at radius 3 is 2.83 bits per heavy atom. The molecule has 0 fully saturated rings. The third-order valence-corrected chi connectivity index (χ3v) is 5.09. The molecule has 18 heavy (non-hydrogen) atoms. The van der Waals surface area contributed by atoms with E-state index >= 15 is 0 Å². The lowest BCUT2D eigenvalue weighted by molar-refractivity contribution is 0.179. The van der Waals surface area contributed by atoms with Crippen molar-refractivity contribution in [2.45, 2.75) is 31.8 Å². The molecule has 1 atom stereocenters. The first-order valence-corrected chi connectivity index (χ1v) is 7.92. The molecule has 0 radical (unpaired) electrons. The van der Waals surface area contributed by atoms with E-state index in [0.29, 0.717) is 6.42 Å². The van der Waals surface area contributed by atoms with Gasteiger partial charge in [-0.15, -0.1) is 11.3 Å². The van der Waals surface area contributed by atoms with E-state index in [1.165, 1.54) is 36.0 Å². The summed E-state index contributed by atoms with van der Waals surface area (Å²) < 4.78 is 1.07. The van der Waals surface area contributed by atoms with E-state index in [2.05, 4.69) is 34.1 Å². The minimum absolute atomic E-state index is 0.396. The summed E-state index contributed by atoms with van der Waals surface area (Å²) in [5.41, 5.74) is 5.22. The first kappa shape index (κ1) is 12.4. The largest absolute Gasteiger partial charge is 0.388 e. The van der Waals surface area contributed by atoms with Gasteiger partial charge in [-0.3, -0.25) is 0 Å². The number of fused-ring (bicyclic) bond motifs is 1. The molecule has 94 valence electrons. The average Bonchev–Trinajstić information content (AvgIpc) is 2.96. The molecule has 0 amide bonds. The van der Waals surface area contributed by atoms with Crippen molar-refractivity contribution >= 4 is 27.3 Å². The smallest absolute Gasteiger partial charge is 0.0838 e. The SMILES string of the molecule is OC(Cc1ccc2c(c1)CCC2)c1csc(Br)c1. The number of thiophene rings is 1. The second-order valence-electron chi connectivity index (χ2n) is 4.86. The van der Waals surface area contributed by atoms with Gasteiger partial charge in [0.2, 0.25) is 0 Å². The Hall–Kier alpha value is -0.640. The second kappa shape index (κ2) is 5.16. The highest BCUT2D eigenvalue weighted by Crippen LogP contribution is 2.29. The molecule has 0 saturated carbocycles. The van der Waals surface area contributed by atoms with Crippen molar-refractivity contribution in [1.29, 1.82) is 0 Å². The van der Waals surface area contributed by atoms with Gasteiger partial charge < -0.3 is 5.11 Å². The first-order chi connectivity index (χ1) is 8.72. The van der Waals surface area contributed by atoms with Gasteiger partial charge in [0.1, 0.15) is 0 Å². The van der Waals surface area contributed by atoms with Gasteiger partial charge >= 0.3 is 0 Å². The summed E-state index contributed by atoms with van der Waals surface area (Å²) in [6.45, 7) is 0. The maximum Gasteiger partial charge on any atom is 0.0838 e. The van der Waals surface area contributed by atoms with Gasteiger partial charge in [-0.05, 0) is 68.9 Å². The molecule has 2 aromatic rings. The maximum absolute atomic E-state index is 10.2. The van der Waals surface area contributed by atoms with E-state index in [1.807, 2.05) is 11.4 Å². The monoisotopic (exact) mass is 322 g/mol. The number of hydrogen-bond acceptors (Lipinski definition) is 2. The Morgan fingerprint density at radius 1 is 1.22 bits per heavy atom. The maximum atomic E-state index is 10.2. The Labute approximate surface area is 120 Å². The summed E-state index contributed by atoms with van der Waals surface area (Å²) in [5, 5.41) is 12.2. The van der Waals surface area contributed by atoms with Crippen molar-refractivity contribution in [2.24, 2.45) is 0 Å². The van der Waals surface area contributed by atoms with Crippen molar-refractivity contribution in [1.82, 2.24) is 0 Å². The fourth-order valence-electron chi connectivity index (χ4n) is 2.59. The lowest BCUT2D eigenvalue weighted by atomic mass is 10.00. The van der Waals surface area contributed by atoms with Crippen LogP contribution in [0.2, 0.25) is 0 Å². The molecule has 0 aliphatic heterocycles. The van der Waals surface area contributed by atoms with E-state index in [0.717, 1.165) is 9.35 Å². The number of benzene rings is 1. The Morgan fingerprint density at radius 2 is 2.06 bits per heavy atom. The highest BCUT2D eigenvalue weighted by Gasteiger charge is 2.14.